The third-order valence-electron chi connectivity index (χ3n) is 12.1. The van der Waals surface area contributed by atoms with Gasteiger partial charge < -0.3 is 34.2 Å². The highest BCUT2D eigenvalue weighted by atomic mass is 31.2. The molecule has 0 saturated heterocycles. The van der Waals surface area contributed by atoms with Crippen molar-refractivity contribution < 1.29 is 75.8 Å². The average molecular weight is 1210 g/mol. The van der Waals surface area contributed by atoms with E-state index in [2.05, 4.69) is 130 Å². The molecule has 0 aliphatic heterocycles. The summed E-state index contributed by atoms with van der Waals surface area (Å²) in [4.78, 5) is 58.1. The number of hydrogen-bond acceptors (Lipinski definition) is 14. The van der Waals surface area contributed by atoms with Crippen LogP contribution in [0.2, 0.25) is 0 Å². The van der Waals surface area contributed by atoms with E-state index in [1.807, 2.05) is 12.2 Å². The lowest BCUT2D eigenvalue weighted by molar-refractivity contribution is -0.161. The molecule has 0 aromatic heterocycles. The summed E-state index contributed by atoms with van der Waals surface area (Å²) in [5.41, 5.74) is 0. The fourth-order valence-electron chi connectivity index (χ4n) is 7.48. The first-order valence-corrected chi connectivity index (χ1v) is 33.8. The Labute approximate surface area is 500 Å². The third-order valence-corrected chi connectivity index (χ3v) is 14.0. The second-order valence-corrected chi connectivity index (χ2v) is 23.0. The molecule has 0 aromatic carbocycles. The van der Waals surface area contributed by atoms with Gasteiger partial charge in [0.1, 0.15) is 25.4 Å². The Morgan fingerprint density at radius 3 is 1.06 bits per heavy atom. The number of rotatable bonds is 57. The lowest BCUT2D eigenvalue weighted by Crippen LogP contribution is -2.30. The van der Waals surface area contributed by atoms with Crippen molar-refractivity contribution >= 4 is 33.6 Å². The maximum Gasteiger partial charge on any atom is 0.472 e. The monoisotopic (exact) mass is 1210 g/mol. The molecule has 0 heterocycles. The number of esters is 3. The van der Waals surface area contributed by atoms with Crippen LogP contribution in [0.1, 0.15) is 213 Å². The Kier molecular flexibility index (Phi) is 55.5. The second-order valence-electron chi connectivity index (χ2n) is 20.1. The van der Waals surface area contributed by atoms with E-state index in [4.69, 9.17) is 32.3 Å². The summed E-state index contributed by atoms with van der Waals surface area (Å²) in [6.07, 6.45) is 64.1. The number of carbonyl (C=O) groups excluding carboxylic acids is 3. The van der Waals surface area contributed by atoms with Gasteiger partial charge in [0, 0.05) is 19.3 Å². The fourth-order valence-corrected chi connectivity index (χ4v) is 9.06. The van der Waals surface area contributed by atoms with E-state index in [1.54, 1.807) is 0 Å². The first-order chi connectivity index (χ1) is 40.2. The molecule has 18 heteroatoms. The number of aliphatic hydroxyl groups excluding tert-OH is 2. The number of hydrogen-bond donors (Lipinski definition) is 4. The van der Waals surface area contributed by atoms with E-state index >= 15 is 0 Å². The largest absolute Gasteiger partial charge is 0.472 e. The van der Waals surface area contributed by atoms with Gasteiger partial charge in [0.15, 0.2) is 6.10 Å². The molecule has 0 spiro atoms. The summed E-state index contributed by atoms with van der Waals surface area (Å²) in [5.74, 6) is -1.67. The molecular formula is C65H108O16P2. The van der Waals surface area contributed by atoms with E-state index in [0.29, 0.717) is 25.7 Å². The molecule has 4 N–H and O–H groups in total. The van der Waals surface area contributed by atoms with Crippen molar-refractivity contribution in [3.8, 4) is 0 Å². The zero-order valence-corrected chi connectivity index (χ0v) is 52.6. The van der Waals surface area contributed by atoms with Gasteiger partial charge in [0.2, 0.25) is 0 Å². The summed E-state index contributed by atoms with van der Waals surface area (Å²) >= 11 is 0. The van der Waals surface area contributed by atoms with Crippen LogP contribution < -0.4 is 0 Å². The number of ether oxygens (including phenoxy) is 3. The molecule has 0 amide bonds. The quantitative estimate of drug-likeness (QED) is 0.0146. The standard InChI is InChI=1S/C65H108O16P2/c1-4-7-10-13-16-19-22-25-27-29-31-34-36-39-42-45-48-51-63(68)75-54-60(66)55-77-82(71,72)78-56-61(67)57-79-83(73,74)80-59-62(81-65(70)53-50-47-44-41-38-33-24-21-18-15-12-9-6-3)58-76-64(69)52-49-46-43-40-37-35-32-30-28-26-23-20-17-14-11-8-5-2/h7-8,10-12,15-17,19-21,24-28,31,34,39,42,60-62,66-67H,4-6,9,13-14,18,22-23,29-30,32-33,35-38,40-41,43-59H2,1-3H3,(H,71,72)(H,73,74)/b10-7-,11-8-,15-12-,19-16-,20-17-,24-21-,27-25-,28-26-,34-31-,42-39-. The highest BCUT2D eigenvalue weighted by molar-refractivity contribution is 7.47. The smallest absolute Gasteiger partial charge is 0.463 e. The molecule has 0 rings (SSSR count). The van der Waals surface area contributed by atoms with Gasteiger partial charge in [-0.05, 0) is 116 Å². The van der Waals surface area contributed by atoms with Crippen molar-refractivity contribution in [1.82, 2.24) is 0 Å². The molecule has 474 valence electrons. The summed E-state index contributed by atoms with van der Waals surface area (Å²) in [6, 6.07) is 0. The number of carbonyl (C=O) groups is 3. The van der Waals surface area contributed by atoms with Crippen molar-refractivity contribution in [1.29, 1.82) is 0 Å². The molecule has 83 heavy (non-hydrogen) atoms. The van der Waals surface area contributed by atoms with Crippen molar-refractivity contribution in [3.05, 3.63) is 122 Å². The summed E-state index contributed by atoms with van der Waals surface area (Å²) in [7, 11) is -9.79. The zero-order valence-electron chi connectivity index (χ0n) is 50.8. The molecule has 16 nitrogen and oxygen atoms in total. The Morgan fingerprint density at radius 1 is 0.349 bits per heavy atom. The summed E-state index contributed by atoms with van der Waals surface area (Å²) < 4.78 is 60.6. The number of aliphatic hydroxyl groups is 2. The topological polar surface area (TPSA) is 231 Å². The molecule has 0 aliphatic rings. The van der Waals surface area contributed by atoms with Gasteiger partial charge in [-0.25, -0.2) is 9.13 Å². The molecule has 0 fully saturated rings. The van der Waals surface area contributed by atoms with Crippen molar-refractivity contribution in [2.24, 2.45) is 0 Å². The SMILES string of the molecule is CC/C=C\C/C=C\C/C=C\C/C=C\C/C=C\CCCC(=O)OCC(O)COP(=O)(O)OCC(O)COP(=O)(O)OCC(COC(=O)CCCCCCCCC/C=C\C/C=C\C/C=C\CC)OC(=O)CCCCCCC/C=C\C/C=C\CCC. The van der Waals surface area contributed by atoms with Gasteiger partial charge in [-0.15, -0.1) is 0 Å². The van der Waals surface area contributed by atoms with Crippen LogP contribution in [0, 0.1) is 0 Å². The molecule has 0 saturated carbocycles. The molecule has 0 aromatic rings. The molecule has 5 atom stereocenters. The predicted molar refractivity (Wildman–Crippen MR) is 334 cm³/mol. The van der Waals surface area contributed by atoms with Gasteiger partial charge in [0.05, 0.1) is 26.4 Å². The van der Waals surface area contributed by atoms with Gasteiger partial charge in [-0.1, -0.05) is 200 Å². The predicted octanol–water partition coefficient (Wildman–Crippen LogP) is 16.3. The average Bonchev–Trinajstić information content (AvgIpc) is 3.46. The van der Waals surface area contributed by atoms with Crippen LogP contribution in [0.25, 0.3) is 0 Å². The van der Waals surface area contributed by atoms with E-state index in [-0.39, 0.29) is 19.3 Å². The van der Waals surface area contributed by atoms with Gasteiger partial charge in [-0.2, -0.15) is 0 Å². The van der Waals surface area contributed by atoms with Crippen LogP contribution >= 0.6 is 15.6 Å². The summed E-state index contributed by atoms with van der Waals surface area (Å²) in [5, 5.41) is 20.5. The first-order valence-electron chi connectivity index (χ1n) is 30.8. The van der Waals surface area contributed by atoms with Gasteiger partial charge in [0.25, 0.3) is 0 Å². The maximum atomic E-state index is 12.9. The lowest BCUT2D eigenvalue weighted by Gasteiger charge is -2.21. The van der Waals surface area contributed by atoms with Crippen LogP contribution in [0.15, 0.2) is 122 Å². The number of allylic oxidation sites excluding steroid dienone is 20. The summed E-state index contributed by atoms with van der Waals surface area (Å²) in [6.45, 7) is 2.24. The van der Waals surface area contributed by atoms with Crippen molar-refractivity contribution in [2.75, 3.05) is 39.6 Å². The maximum absolute atomic E-state index is 12.9. The van der Waals surface area contributed by atoms with E-state index in [9.17, 15) is 43.5 Å². The van der Waals surface area contributed by atoms with E-state index in [1.165, 1.54) is 0 Å². The fraction of sp³-hybridized carbons (Fsp3) is 0.646. The minimum Gasteiger partial charge on any atom is -0.463 e. The van der Waals surface area contributed by atoms with Crippen LogP contribution in [0.3, 0.4) is 0 Å². The van der Waals surface area contributed by atoms with Crippen LogP contribution in [-0.4, -0.2) is 95.9 Å². The van der Waals surface area contributed by atoms with Crippen LogP contribution in [0.4, 0.5) is 0 Å². The Balaban J connectivity index is 4.76. The minimum atomic E-state index is -4.93. The van der Waals surface area contributed by atoms with Crippen molar-refractivity contribution in [2.45, 2.75) is 232 Å². The molecular weight excluding hydrogens is 1100 g/mol. The van der Waals surface area contributed by atoms with E-state index < -0.39 is 91.5 Å². The second kappa shape index (κ2) is 58.3. The Hall–Kier alpha value is -4.05. The van der Waals surface area contributed by atoms with Crippen LogP contribution in [0.5, 0.6) is 0 Å². The number of phosphoric ester groups is 2. The molecule has 0 radical (unpaired) electrons. The molecule has 5 unspecified atom stereocenters. The van der Waals surface area contributed by atoms with E-state index in [0.717, 1.165) is 148 Å². The lowest BCUT2D eigenvalue weighted by atomic mass is 10.1. The molecule has 0 bridgehead atoms. The van der Waals surface area contributed by atoms with Crippen molar-refractivity contribution in [3.63, 3.8) is 0 Å². The van der Waals surface area contributed by atoms with Gasteiger partial charge >= 0.3 is 33.6 Å². The van der Waals surface area contributed by atoms with Crippen LogP contribution in [-0.2, 0) is 55.8 Å². The molecule has 0 aliphatic carbocycles. The normalized spacial score (nSPS) is 15.2. The number of unbranched alkanes of at least 4 members (excludes halogenated alkanes) is 14. The van der Waals surface area contributed by atoms with Gasteiger partial charge in [-0.3, -0.25) is 32.5 Å². The highest BCUT2D eigenvalue weighted by Gasteiger charge is 2.29. The number of phosphoric acid groups is 2. The first kappa shape index (κ1) is 79.0. The zero-order chi connectivity index (χ0) is 61.0. The highest BCUT2D eigenvalue weighted by Crippen LogP contribution is 2.45. The minimum absolute atomic E-state index is 0.0813. The third kappa shape index (κ3) is 59.5. The Bertz CT molecular complexity index is 2000. The Morgan fingerprint density at radius 2 is 0.651 bits per heavy atom.